The van der Waals surface area contributed by atoms with Gasteiger partial charge in [-0.3, -0.25) is 9.59 Å². The largest absolute Gasteiger partial charge is 0.481 e. The summed E-state index contributed by atoms with van der Waals surface area (Å²) >= 11 is 0. The van der Waals surface area contributed by atoms with Gasteiger partial charge in [0, 0.05) is 6.04 Å². The topological polar surface area (TPSA) is 66.4 Å². The number of rotatable bonds is 3. The fourth-order valence-electron chi connectivity index (χ4n) is 1.23. The van der Waals surface area contributed by atoms with Crippen LogP contribution in [0, 0.1) is 5.92 Å². The summed E-state index contributed by atoms with van der Waals surface area (Å²) in [5.74, 6) is -1.61. The first-order chi connectivity index (χ1) is 6.13. The third kappa shape index (κ3) is 2.43. The molecule has 1 aliphatic carbocycles. The van der Waals surface area contributed by atoms with Gasteiger partial charge in [0.2, 0.25) is 5.91 Å². The summed E-state index contributed by atoms with van der Waals surface area (Å²) in [4.78, 5) is 21.4. The van der Waals surface area contributed by atoms with Gasteiger partial charge in [-0.2, -0.15) is 0 Å². The van der Waals surface area contributed by atoms with E-state index in [0.29, 0.717) is 6.42 Å². The van der Waals surface area contributed by atoms with Crippen LogP contribution in [0.4, 0.5) is 0 Å². The van der Waals surface area contributed by atoms with Crippen LogP contribution in [-0.2, 0) is 9.59 Å². The van der Waals surface area contributed by atoms with Crippen molar-refractivity contribution >= 4 is 11.9 Å². The molecule has 0 fully saturated rings. The van der Waals surface area contributed by atoms with Gasteiger partial charge in [-0.05, 0) is 12.5 Å². The third-order valence-corrected chi connectivity index (χ3v) is 1.91. The third-order valence-electron chi connectivity index (χ3n) is 1.91. The average molecular weight is 181 g/mol. The second kappa shape index (κ2) is 3.89. The molecule has 0 saturated heterocycles. The minimum Gasteiger partial charge on any atom is -0.481 e. The Morgan fingerprint density at radius 1 is 1.54 bits per heavy atom. The Hall–Kier alpha value is -1.58. The predicted molar refractivity (Wildman–Crippen MR) is 47.0 cm³/mol. The van der Waals surface area contributed by atoms with Crippen molar-refractivity contribution in [2.75, 3.05) is 0 Å². The molecule has 0 aromatic rings. The Morgan fingerprint density at radius 3 is 2.69 bits per heavy atom. The van der Waals surface area contributed by atoms with E-state index >= 15 is 0 Å². The van der Waals surface area contributed by atoms with Crippen LogP contribution in [-0.4, -0.2) is 23.0 Å². The minimum absolute atomic E-state index is 0.174. The summed E-state index contributed by atoms with van der Waals surface area (Å²) in [5, 5.41) is 11.2. The fourth-order valence-corrected chi connectivity index (χ4v) is 1.23. The highest BCUT2D eigenvalue weighted by molar-refractivity contribution is 5.87. The molecule has 1 aliphatic rings. The van der Waals surface area contributed by atoms with Crippen molar-refractivity contribution in [3.63, 3.8) is 0 Å². The van der Waals surface area contributed by atoms with Crippen molar-refractivity contribution in [1.82, 2.24) is 5.32 Å². The molecule has 2 N–H and O–H groups in total. The number of amides is 1. The van der Waals surface area contributed by atoms with Gasteiger partial charge in [0.25, 0.3) is 0 Å². The summed E-state index contributed by atoms with van der Waals surface area (Å²) in [7, 11) is 0. The quantitative estimate of drug-likeness (QED) is 0.486. The molecule has 2 atom stereocenters. The van der Waals surface area contributed by atoms with Crippen molar-refractivity contribution < 1.29 is 14.7 Å². The monoisotopic (exact) mass is 181 g/mol. The molecular formula is C9H11NO3. The molecule has 4 heteroatoms. The normalized spacial score (nSPS) is 25.5. The van der Waals surface area contributed by atoms with Crippen LogP contribution >= 0.6 is 0 Å². The Bertz CT molecular complexity index is 270. The molecule has 2 unspecified atom stereocenters. The lowest BCUT2D eigenvalue weighted by Gasteiger charge is -2.09. The maximum Gasteiger partial charge on any atom is 0.310 e. The number of nitrogens with one attached hydrogen (secondary N) is 1. The summed E-state index contributed by atoms with van der Waals surface area (Å²) in [6, 6.07) is -0.174. The number of carboxylic acids is 1. The van der Waals surface area contributed by atoms with Crippen LogP contribution < -0.4 is 5.32 Å². The average Bonchev–Trinajstić information content (AvgIpc) is 2.52. The molecule has 13 heavy (non-hydrogen) atoms. The molecule has 0 heterocycles. The van der Waals surface area contributed by atoms with Gasteiger partial charge in [-0.25, -0.2) is 0 Å². The van der Waals surface area contributed by atoms with E-state index in [4.69, 9.17) is 5.11 Å². The zero-order valence-electron chi connectivity index (χ0n) is 7.06. The molecule has 0 aliphatic heterocycles. The number of hydrogen-bond donors (Lipinski definition) is 2. The van der Waals surface area contributed by atoms with Gasteiger partial charge in [-0.15, -0.1) is 0 Å². The Balaban J connectivity index is 2.43. The highest BCUT2D eigenvalue weighted by Crippen LogP contribution is 2.17. The number of carbonyl (C=O) groups excluding carboxylic acids is 1. The van der Waals surface area contributed by atoms with Crippen molar-refractivity contribution in [3.05, 3.63) is 24.8 Å². The molecule has 0 aromatic carbocycles. The maximum atomic E-state index is 10.8. The number of carbonyl (C=O) groups is 2. The standard InChI is InChI=1S/C9H11NO3/c1-2-8(11)10-7-4-3-6(5-7)9(12)13/h2-4,6-7H,1,5H2,(H,10,11)(H,12,13). The highest BCUT2D eigenvalue weighted by atomic mass is 16.4. The summed E-state index contributed by atoms with van der Waals surface area (Å²) in [6.45, 7) is 3.30. The SMILES string of the molecule is C=CC(=O)NC1C=CC(C(=O)O)C1. The molecule has 1 rings (SSSR count). The van der Waals surface area contributed by atoms with E-state index in [1.807, 2.05) is 0 Å². The van der Waals surface area contributed by atoms with E-state index in [2.05, 4.69) is 11.9 Å². The molecule has 0 bridgehead atoms. The van der Waals surface area contributed by atoms with Crippen LogP contribution in [0.15, 0.2) is 24.8 Å². The van der Waals surface area contributed by atoms with E-state index in [9.17, 15) is 9.59 Å². The second-order valence-corrected chi connectivity index (χ2v) is 2.88. The van der Waals surface area contributed by atoms with Crippen LogP contribution in [0.2, 0.25) is 0 Å². The molecular weight excluding hydrogens is 170 g/mol. The van der Waals surface area contributed by atoms with E-state index in [1.54, 1.807) is 12.2 Å². The molecule has 0 aromatic heterocycles. The van der Waals surface area contributed by atoms with E-state index < -0.39 is 11.9 Å². The minimum atomic E-state index is -0.855. The van der Waals surface area contributed by atoms with Crippen molar-refractivity contribution in [2.45, 2.75) is 12.5 Å². The van der Waals surface area contributed by atoms with Crippen LogP contribution in [0.3, 0.4) is 0 Å². The molecule has 0 spiro atoms. The predicted octanol–water partition coefficient (Wildman–Crippen LogP) is 0.318. The van der Waals surface area contributed by atoms with Gasteiger partial charge < -0.3 is 10.4 Å². The molecule has 0 radical (unpaired) electrons. The Morgan fingerprint density at radius 2 is 2.23 bits per heavy atom. The number of hydrogen-bond acceptors (Lipinski definition) is 2. The van der Waals surface area contributed by atoms with Crippen molar-refractivity contribution in [2.24, 2.45) is 5.92 Å². The maximum absolute atomic E-state index is 10.8. The summed E-state index contributed by atoms with van der Waals surface area (Å²) in [6.07, 6.45) is 4.88. The molecule has 0 saturated carbocycles. The summed E-state index contributed by atoms with van der Waals surface area (Å²) in [5.41, 5.74) is 0. The van der Waals surface area contributed by atoms with Gasteiger partial charge in [0.1, 0.15) is 0 Å². The first kappa shape index (κ1) is 9.51. The zero-order chi connectivity index (χ0) is 9.84. The number of carboxylic acid groups (broad SMARTS) is 1. The van der Waals surface area contributed by atoms with Gasteiger partial charge in [0.15, 0.2) is 0 Å². The lowest BCUT2D eigenvalue weighted by atomic mass is 10.1. The van der Waals surface area contributed by atoms with Gasteiger partial charge >= 0.3 is 5.97 Å². The van der Waals surface area contributed by atoms with E-state index in [-0.39, 0.29) is 11.9 Å². The first-order valence-electron chi connectivity index (χ1n) is 3.97. The van der Waals surface area contributed by atoms with E-state index in [0.717, 1.165) is 0 Å². The number of aliphatic carboxylic acids is 1. The lowest BCUT2D eigenvalue weighted by Crippen LogP contribution is -2.31. The highest BCUT2D eigenvalue weighted by Gasteiger charge is 2.24. The Labute approximate surface area is 75.9 Å². The zero-order valence-corrected chi connectivity index (χ0v) is 7.06. The van der Waals surface area contributed by atoms with Crippen LogP contribution in [0.1, 0.15) is 6.42 Å². The van der Waals surface area contributed by atoms with Crippen molar-refractivity contribution in [3.8, 4) is 0 Å². The van der Waals surface area contributed by atoms with E-state index in [1.165, 1.54) is 6.08 Å². The van der Waals surface area contributed by atoms with Crippen LogP contribution in [0.5, 0.6) is 0 Å². The summed E-state index contributed by atoms with van der Waals surface area (Å²) < 4.78 is 0. The molecule has 70 valence electrons. The molecule has 1 amide bonds. The first-order valence-corrected chi connectivity index (χ1v) is 3.97. The Kier molecular flexibility index (Phi) is 2.84. The van der Waals surface area contributed by atoms with Gasteiger partial charge in [0.05, 0.1) is 5.92 Å². The molecule has 4 nitrogen and oxygen atoms in total. The smallest absolute Gasteiger partial charge is 0.310 e. The fraction of sp³-hybridized carbons (Fsp3) is 0.333. The second-order valence-electron chi connectivity index (χ2n) is 2.88. The van der Waals surface area contributed by atoms with Crippen LogP contribution in [0.25, 0.3) is 0 Å². The van der Waals surface area contributed by atoms with Gasteiger partial charge in [-0.1, -0.05) is 18.7 Å². The lowest BCUT2D eigenvalue weighted by molar-refractivity contribution is -0.140. The van der Waals surface area contributed by atoms with Crippen molar-refractivity contribution in [1.29, 1.82) is 0 Å².